The minimum absolute atomic E-state index is 0.371. The van der Waals surface area contributed by atoms with E-state index in [0.717, 1.165) is 18.5 Å². The molecule has 2 N–H and O–H groups in total. The third-order valence-electron chi connectivity index (χ3n) is 3.47. The van der Waals surface area contributed by atoms with Gasteiger partial charge in [0.2, 0.25) is 0 Å². The van der Waals surface area contributed by atoms with Gasteiger partial charge in [-0.15, -0.1) is 0 Å². The number of aliphatic hydroxyl groups is 1. The fraction of sp³-hybridized carbons (Fsp3) is 1.00. The molecule has 0 bridgehead atoms. The number of rotatable bonds is 1. The maximum absolute atomic E-state index is 9.04. The highest BCUT2D eigenvalue weighted by Crippen LogP contribution is 2.32. The lowest BCUT2D eigenvalue weighted by molar-refractivity contribution is 0.120. The molecule has 12 heavy (non-hydrogen) atoms. The van der Waals surface area contributed by atoms with E-state index in [1.54, 1.807) is 0 Å². The predicted octanol–water partition coefficient (Wildman–Crippen LogP) is 1.15. The Morgan fingerprint density at radius 2 is 2.08 bits per heavy atom. The van der Waals surface area contributed by atoms with Crippen LogP contribution in [0.5, 0.6) is 0 Å². The van der Waals surface area contributed by atoms with Gasteiger partial charge in [-0.05, 0) is 31.1 Å². The van der Waals surface area contributed by atoms with Gasteiger partial charge in [0.15, 0.2) is 0 Å². The second-order valence-corrected chi connectivity index (χ2v) is 4.34. The minimum atomic E-state index is 0.371. The maximum Gasteiger partial charge on any atom is 0.0471 e. The maximum atomic E-state index is 9.04. The summed E-state index contributed by atoms with van der Waals surface area (Å²) in [5, 5.41) is 12.6. The van der Waals surface area contributed by atoms with Crippen molar-refractivity contribution in [3.8, 4) is 0 Å². The van der Waals surface area contributed by atoms with Gasteiger partial charge < -0.3 is 10.4 Å². The number of aliphatic hydroxyl groups excluding tert-OH is 1. The van der Waals surface area contributed by atoms with Crippen LogP contribution in [0.3, 0.4) is 0 Å². The van der Waals surface area contributed by atoms with Gasteiger partial charge in [0, 0.05) is 19.2 Å². The standard InChI is InChI=1S/C10H19NO/c12-7-8-5-9-3-1-2-4-10(9)11-6-8/h8-12H,1-7H2/t8-,9+,10+/m1/s1. The van der Waals surface area contributed by atoms with Crippen molar-refractivity contribution in [3.63, 3.8) is 0 Å². The molecule has 1 aliphatic carbocycles. The highest BCUT2D eigenvalue weighted by Gasteiger charge is 2.31. The van der Waals surface area contributed by atoms with Gasteiger partial charge in [0.1, 0.15) is 0 Å². The molecular weight excluding hydrogens is 150 g/mol. The second-order valence-electron chi connectivity index (χ2n) is 4.34. The van der Waals surface area contributed by atoms with Gasteiger partial charge in [-0.1, -0.05) is 12.8 Å². The van der Waals surface area contributed by atoms with Gasteiger partial charge in [0.25, 0.3) is 0 Å². The van der Waals surface area contributed by atoms with Gasteiger partial charge in [-0.3, -0.25) is 0 Å². The van der Waals surface area contributed by atoms with E-state index in [4.69, 9.17) is 5.11 Å². The predicted molar refractivity (Wildman–Crippen MR) is 48.9 cm³/mol. The summed E-state index contributed by atoms with van der Waals surface area (Å²) in [5.74, 6) is 1.40. The third kappa shape index (κ3) is 1.64. The number of piperidine rings is 1. The van der Waals surface area contributed by atoms with Crippen molar-refractivity contribution >= 4 is 0 Å². The topological polar surface area (TPSA) is 32.3 Å². The summed E-state index contributed by atoms with van der Waals surface area (Å²) in [4.78, 5) is 0. The number of hydrogen-bond acceptors (Lipinski definition) is 2. The molecule has 3 atom stereocenters. The lowest BCUT2D eigenvalue weighted by Gasteiger charge is -2.39. The smallest absolute Gasteiger partial charge is 0.0471 e. The molecule has 2 heteroatoms. The summed E-state index contributed by atoms with van der Waals surface area (Å²) in [5.41, 5.74) is 0. The average Bonchev–Trinajstić information content (AvgIpc) is 2.17. The van der Waals surface area contributed by atoms with Crippen LogP contribution in [-0.2, 0) is 0 Å². The third-order valence-corrected chi connectivity index (χ3v) is 3.47. The zero-order valence-electron chi connectivity index (χ0n) is 7.63. The van der Waals surface area contributed by atoms with E-state index in [1.807, 2.05) is 0 Å². The normalized spacial score (nSPS) is 42.2. The Morgan fingerprint density at radius 1 is 1.25 bits per heavy atom. The van der Waals surface area contributed by atoms with Crippen LogP contribution in [0.4, 0.5) is 0 Å². The molecule has 0 aromatic heterocycles. The Balaban J connectivity index is 1.90. The first-order valence-corrected chi connectivity index (χ1v) is 5.24. The fourth-order valence-electron chi connectivity index (χ4n) is 2.73. The van der Waals surface area contributed by atoms with Crippen molar-refractivity contribution < 1.29 is 5.11 Å². The molecule has 2 fully saturated rings. The largest absolute Gasteiger partial charge is 0.396 e. The monoisotopic (exact) mass is 169 g/mol. The van der Waals surface area contributed by atoms with Crippen molar-refractivity contribution in [1.29, 1.82) is 0 Å². The highest BCUT2D eigenvalue weighted by atomic mass is 16.3. The fourth-order valence-corrected chi connectivity index (χ4v) is 2.73. The van der Waals surface area contributed by atoms with E-state index in [9.17, 15) is 0 Å². The van der Waals surface area contributed by atoms with E-state index in [0.29, 0.717) is 12.5 Å². The van der Waals surface area contributed by atoms with Gasteiger partial charge in [-0.25, -0.2) is 0 Å². The van der Waals surface area contributed by atoms with Crippen molar-refractivity contribution in [3.05, 3.63) is 0 Å². The second kappa shape index (κ2) is 3.75. The van der Waals surface area contributed by atoms with E-state index in [1.165, 1.54) is 32.1 Å². The van der Waals surface area contributed by atoms with Crippen molar-refractivity contribution in [2.45, 2.75) is 38.1 Å². The summed E-state index contributed by atoms with van der Waals surface area (Å²) < 4.78 is 0. The first kappa shape index (κ1) is 8.52. The summed E-state index contributed by atoms with van der Waals surface area (Å²) in [6, 6.07) is 0.779. The van der Waals surface area contributed by atoms with E-state index >= 15 is 0 Å². The zero-order chi connectivity index (χ0) is 8.39. The van der Waals surface area contributed by atoms with E-state index < -0.39 is 0 Å². The van der Waals surface area contributed by atoms with Crippen LogP contribution in [0.2, 0.25) is 0 Å². The minimum Gasteiger partial charge on any atom is -0.396 e. The molecule has 0 radical (unpaired) electrons. The van der Waals surface area contributed by atoms with Crippen LogP contribution in [0, 0.1) is 11.8 Å². The molecule has 70 valence electrons. The average molecular weight is 169 g/mol. The molecule has 1 saturated heterocycles. The molecule has 0 unspecified atom stereocenters. The molecule has 2 aliphatic rings. The van der Waals surface area contributed by atoms with Gasteiger partial charge >= 0.3 is 0 Å². The summed E-state index contributed by atoms with van der Waals surface area (Å²) in [6.45, 7) is 1.41. The molecule has 1 heterocycles. The molecular formula is C10H19NO. The van der Waals surface area contributed by atoms with Crippen LogP contribution in [0.15, 0.2) is 0 Å². The van der Waals surface area contributed by atoms with E-state index in [2.05, 4.69) is 5.32 Å². The Bertz CT molecular complexity index is 149. The molecule has 0 spiro atoms. The molecule has 0 aromatic carbocycles. The Hall–Kier alpha value is -0.0800. The van der Waals surface area contributed by atoms with E-state index in [-0.39, 0.29) is 0 Å². The van der Waals surface area contributed by atoms with Gasteiger partial charge in [0.05, 0.1) is 0 Å². The van der Waals surface area contributed by atoms with Crippen molar-refractivity contribution in [2.24, 2.45) is 11.8 Å². The number of hydrogen-bond donors (Lipinski definition) is 2. The van der Waals surface area contributed by atoms with Gasteiger partial charge in [-0.2, -0.15) is 0 Å². The summed E-state index contributed by atoms with van der Waals surface area (Å²) >= 11 is 0. The van der Waals surface area contributed by atoms with Crippen LogP contribution in [-0.4, -0.2) is 24.3 Å². The molecule has 2 nitrogen and oxygen atoms in total. The first-order chi connectivity index (χ1) is 5.90. The Kier molecular flexibility index (Phi) is 2.66. The Labute approximate surface area is 74.4 Å². The van der Waals surface area contributed by atoms with Crippen molar-refractivity contribution in [1.82, 2.24) is 5.32 Å². The molecule has 1 aliphatic heterocycles. The molecule has 0 aromatic rings. The van der Waals surface area contributed by atoms with Crippen LogP contribution >= 0.6 is 0 Å². The lowest BCUT2D eigenvalue weighted by Crippen LogP contribution is -2.47. The molecule has 2 rings (SSSR count). The quantitative estimate of drug-likeness (QED) is 0.617. The number of nitrogens with one attached hydrogen (secondary N) is 1. The lowest BCUT2D eigenvalue weighted by atomic mass is 9.76. The highest BCUT2D eigenvalue weighted by molar-refractivity contribution is 4.87. The van der Waals surface area contributed by atoms with Crippen LogP contribution in [0.1, 0.15) is 32.1 Å². The summed E-state index contributed by atoms with van der Waals surface area (Å²) in [7, 11) is 0. The summed E-state index contributed by atoms with van der Waals surface area (Å²) in [6.07, 6.45) is 6.81. The zero-order valence-corrected chi connectivity index (χ0v) is 7.63. The molecule has 0 amide bonds. The first-order valence-electron chi connectivity index (χ1n) is 5.24. The number of fused-ring (bicyclic) bond motifs is 1. The SMILES string of the molecule is OC[C@H]1CN[C@H]2CCCC[C@H]2C1. The Morgan fingerprint density at radius 3 is 2.92 bits per heavy atom. The molecule has 1 saturated carbocycles. The van der Waals surface area contributed by atoms with Crippen molar-refractivity contribution in [2.75, 3.05) is 13.2 Å². The van der Waals surface area contributed by atoms with Crippen LogP contribution < -0.4 is 5.32 Å². The van der Waals surface area contributed by atoms with Crippen LogP contribution in [0.25, 0.3) is 0 Å².